The first-order valence-electron chi connectivity index (χ1n) is 12.6. The lowest BCUT2D eigenvalue weighted by Crippen LogP contribution is -2.32. The second-order valence-corrected chi connectivity index (χ2v) is 11.2. The van der Waals surface area contributed by atoms with E-state index in [9.17, 15) is 28.1 Å². The van der Waals surface area contributed by atoms with Crippen molar-refractivity contribution >= 4 is 39.4 Å². The number of benzene rings is 1. The summed E-state index contributed by atoms with van der Waals surface area (Å²) in [6, 6.07) is 5.69. The number of methoxy groups -OCH3 is 1. The topological polar surface area (TPSA) is 184 Å². The average Bonchev–Trinajstić information content (AvgIpc) is 3.34. The van der Waals surface area contributed by atoms with E-state index in [-0.39, 0.29) is 29.9 Å². The van der Waals surface area contributed by atoms with E-state index in [0.717, 1.165) is 0 Å². The van der Waals surface area contributed by atoms with Gasteiger partial charge < -0.3 is 14.8 Å². The number of hydrogen-bond acceptors (Lipinski definition) is 12. The number of aromatic nitrogens is 1. The van der Waals surface area contributed by atoms with Gasteiger partial charge in [-0.05, 0) is 45.6 Å². The summed E-state index contributed by atoms with van der Waals surface area (Å²) in [5, 5.41) is 16.6. The normalized spacial score (nSPS) is 16.3. The van der Waals surface area contributed by atoms with Crippen LogP contribution in [-0.2, 0) is 33.6 Å². The predicted molar refractivity (Wildman–Crippen MR) is 148 cm³/mol. The number of nitro benzene ring substituents is 1. The van der Waals surface area contributed by atoms with Gasteiger partial charge in [-0.25, -0.2) is 18.8 Å². The van der Waals surface area contributed by atoms with Crippen LogP contribution in [0.15, 0.2) is 52.2 Å². The second kappa shape index (κ2) is 13.8. The number of esters is 2. The van der Waals surface area contributed by atoms with Crippen LogP contribution in [0.4, 0.5) is 5.69 Å². The van der Waals surface area contributed by atoms with Crippen molar-refractivity contribution in [2.24, 2.45) is 0 Å². The van der Waals surface area contributed by atoms with Crippen molar-refractivity contribution in [3.8, 4) is 0 Å². The Morgan fingerprint density at radius 2 is 1.83 bits per heavy atom. The summed E-state index contributed by atoms with van der Waals surface area (Å²) in [6.07, 6.45) is 0.789. The fourth-order valence-electron chi connectivity index (χ4n) is 4.53. The number of nitrogens with zero attached hydrogens (tertiary/aromatic N) is 2. The van der Waals surface area contributed by atoms with E-state index in [0.29, 0.717) is 46.9 Å². The molecule has 1 aromatic carbocycles. The number of aryl methyl sites for hydroxylation is 1. The molecule has 1 aliphatic rings. The van der Waals surface area contributed by atoms with E-state index in [1.54, 1.807) is 32.2 Å². The molecule has 2 N–H and O–H groups in total. The number of nitrogens with one attached hydrogen (secondary N) is 1. The van der Waals surface area contributed by atoms with Crippen LogP contribution in [0.5, 0.6) is 0 Å². The molecule has 222 valence electrons. The quantitative estimate of drug-likeness (QED) is 0.107. The number of carbonyl (C=O) groups excluding carboxylic acids is 2. The first-order chi connectivity index (χ1) is 19.3. The number of non-ortho nitro benzene ring substituents is 1. The fraction of sp³-hybridized carbons (Fsp3) is 0.423. The zero-order chi connectivity index (χ0) is 30.3. The maximum Gasteiger partial charge on any atom is 0.398 e. The molecule has 13 nitrogen and oxygen atoms in total. The van der Waals surface area contributed by atoms with Crippen LogP contribution in [-0.4, -0.2) is 48.5 Å². The Bertz CT molecular complexity index is 1480. The monoisotopic (exact) mass is 609 g/mol. The molecule has 2 aromatic rings. The van der Waals surface area contributed by atoms with Crippen molar-refractivity contribution in [3.05, 3.63) is 78.6 Å². The third-order valence-electron chi connectivity index (χ3n) is 6.29. The van der Waals surface area contributed by atoms with Gasteiger partial charge in [0.05, 0.1) is 35.7 Å². The summed E-state index contributed by atoms with van der Waals surface area (Å²) in [7, 11) is -3.47. The summed E-state index contributed by atoms with van der Waals surface area (Å²) in [6.45, 7) is 5.07. The van der Waals surface area contributed by atoms with Gasteiger partial charge >= 0.3 is 22.3 Å². The molecule has 1 aliphatic heterocycles. The molecule has 2 atom stereocenters. The molecule has 0 spiro atoms. The number of thiazole rings is 1. The molecule has 0 aliphatic carbocycles. The zero-order valence-corrected chi connectivity index (χ0v) is 24.5. The standard InChI is InChI=1S/C26H31N3O10S2/c1-15-14-40-24(27-15)20(39-41(34,35)36)11-6-5-7-12-38-26(31)22-17(3)28-16(2)21(25(30)37-4)23(22)18-9-8-10-19(13-18)29(32)33/h8-10,13-14,20,23,28H,5-7,11-12H2,1-4H3,(H,34,35,36). The second-order valence-electron chi connectivity index (χ2n) is 9.30. The van der Waals surface area contributed by atoms with Crippen LogP contribution in [0.1, 0.15) is 67.8 Å². The van der Waals surface area contributed by atoms with Gasteiger partial charge in [-0.15, -0.1) is 11.3 Å². The SMILES string of the molecule is COC(=O)C1=C(C)NC(C)=C(C(=O)OCCCCCC(OS(=O)(=O)O)c2nc(C)cs2)C1c1cccc([N+](=O)[O-])c1. The lowest BCUT2D eigenvalue weighted by molar-refractivity contribution is -0.384. The summed E-state index contributed by atoms with van der Waals surface area (Å²) in [5.74, 6) is -2.36. The molecule has 15 heteroatoms. The van der Waals surface area contributed by atoms with E-state index in [1.807, 2.05) is 0 Å². The molecular weight excluding hydrogens is 578 g/mol. The van der Waals surface area contributed by atoms with Crippen LogP contribution >= 0.6 is 11.3 Å². The first kappa shape index (κ1) is 31.9. The number of unbranched alkanes of at least 4 members (excludes halogenated alkanes) is 2. The Morgan fingerprint density at radius 3 is 2.41 bits per heavy atom. The average molecular weight is 610 g/mol. The predicted octanol–water partition coefficient (Wildman–Crippen LogP) is 4.43. The summed E-state index contributed by atoms with van der Waals surface area (Å²) < 4.78 is 46.9. The highest BCUT2D eigenvalue weighted by Crippen LogP contribution is 2.40. The van der Waals surface area contributed by atoms with E-state index < -0.39 is 39.3 Å². The maximum atomic E-state index is 13.3. The van der Waals surface area contributed by atoms with Crippen molar-refractivity contribution in [2.75, 3.05) is 13.7 Å². The Morgan fingerprint density at radius 1 is 1.15 bits per heavy atom. The van der Waals surface area contributed by atoms with Gasteiger partial charge in [-0.2, -0.15) is 8.42 Å². The highest BCUT2D eigenvalue weighted by Gasteiger charge is 2.38. The number of ether oxygens (including phenoxy) is 2. The van der Waals surface area contributed by atoms with E-state index in [1.165, 1.54) is 36.6 Å². The van der Waals surface area contributed by atoms with Crippen molar-refractivity contribution in [1.29, 1.82) is 0 Å². The molecule has 0 bridgehead atoms. The van der Waals surface area contributed by atoms with Crippen molar-refractivity contribution in [2.45, 2.75) is 58.5 Å². The number of rotatable bonds is 13. The lowest BCUT2D eigenvalue weighted by Gasteiger charge is -2.30. The Hall–Kier alpha value is -3.66. The summed E-state index contributed by atoms with van der Waals surface area (Å²) >= 11 is 1.23. The Balaban J connectivity index is 1.69. The van der Waals surface area contributed by atoms with Crippen molar-refractivity contribution in [1.82, 2.24) is 10.3 Å². The fourth-order valence-corrected chi connectivity index (χ4v) is 5.93. The van der Waals surface area contributed by atoms with Crippen molar-refractivity contribution < 1.29 is 41.1 Å². The molecule has 3 rings (SSSR count). The van der Waals surface area contributed by atoms with Crippen molar-refractivity contribution in [3.63, 3.8) is 0 Å². The molecule has 2 unspecified atom stereocenters. The minimum Gasteiger partial charge on any atom is -0.466 e. The third kappa shape index (κ3) is 8.42. The van der Waals surface area contributed by atoms with Gasteiger partial charge in [-0.3, -0.25) is 14.7 Å². The lowest BCUT2D eigenvalue weighted by atomic mass is 9.80. The molecule has 0 saturated heterocycles. The number of nitro groups is 1. The van der Waals surface area contributed by atoms with Crippen LogP contribution in [0.3, 0.4) is 0 Å². The summed E-state index contributed by atoms with van der Waals surface area (Å²) in [4.78, 5) is 41.1. The van der Waals surface area contributed by atoms with E-state index in [2.05, 4.69) is 10.3 Å². The highest BCUT2D eigenvalue weighted by atomic mass is 32.3. The van der Waals surface area contributed by atoms with Crippen LogP contribution in [0, 0.1) is 17.0 Å². The molecule has 0 saturated carbocycles. The molecular formula is C26H31N3O10S2. The Labute approximate surface area is 241 Å². The van der Waals surface area contributed by atoms with Gasteiger partial charge in [0.2, 0.25) is 0 Å². The summed E-state index contributed by atoms with van der Waals surface area (Å²) in [5.41, 5.74) is 1.99. The van der Waals surface area contributed by atoms with Crippen LogP contribution < -0.4 is 5.32 Å². The van der Waals surface area contributed by atoms with E-state index in [4.69, 9.17) is 18.2 Å². The number of dihydropyridines is 1. The Kier molecular flexibility index (Phi) is 10.7. The van der Waals surface area contributed by atoms with Gasteiger partial charge in [-0.1, -0.05) is 18.6 Å². The molecule has 0 amide bonds. The molecule has 2 heterocycles. The number of allylic oxidation sites excluding steroid dienone is 2. The minimum atomic E-state index is -4.68. The first-order valence-corrected chi connectivity index (χ1v) is 14.8. The van der Waals surface area contributed by atoms with E-state index >= 15 is 0 Å². The molecule has 0 fully saturated rings. The zero-order valence-electron chi connectivity index (χ0n) is 22.9. The van der Waals surface area contributed by atoms with Gasteiger partial charge in [0, 0.05) is 34.6 Å². The molecule has 1 aromatic heterocycles. The number of carbonyl (C=O) groups is 2. The largest absolute Gasteiger partial charge is 0.466 e. The molecule has 0 radical (unpaired) electrons. The number of hydrogen-bond donors (Lipinski definition) is 2. The van der Waals surface area contributed by atoms with Crippen LogP contribution in [0.2, 0.25) is 0 Å². The smallest absolute Gasteiger partial charge is 0.398 e. The van der Waals surface area contributed by atoms with Gasteiger partial charge in [0.15, 0.2) is 0 Å². The van der Waals surface area contributed by atoms with Gasteiger partial charge in [0.25, 0.3) is 5.69 Å². The van der Waals surface area contributed by atoms with Gasteiger partial charge in [0.1, 0.15) is 11.1 Å². The molecule has 41 heavy (non-hydrogen) atoms. The maximum absolute atomic E-state index is 13.3. The highest BCUT2D eigenvalue weighted by molar-refractivity contribution is 7.80. The van der Waals surface area contributed by atoms with Crippen LogP contribution in [0.25, 0.3) is 0 Å². The minimum absolute atomic E-state index is 0.0215. The third-order valence-corrected chi connectivity index (χ3v) is 7.82.